The zero-order valence-electron chi connectivity index (χ0n) is 7.92. The highest BCUT2D eigenvalue weighted by Crippen LogP contribution is 2.04. The van der Waals surface area contributed by atoms with Gasteiger partial charge in [-0.05, 0) is 19.9 Å². The summed E-state index contributed by atoms with van der Waals surface area (Å²) in [4.78, 5) is 14.5. The topological polar surface area (TPSA) is 44.9 Å². The molecule has 1 rings (SSSR count). The maximum atomic E-state index is 11.5. The number of hydrogen-bond acceptors (Lipinski definition) is 1. The van der Waals surface area contributed by atoms with Crippen LogP contribution in [0.5, 0.6) is 0 Å². The van der Waals surface area contributed by atoms with Gasteiger partial charge >= 0.3 is 0 Å². The number of H-pyrrole nitrogens is 1. The second-order valence-electron chi connectivity index (χ2n) is 3.01. The summed E-state index contributed by atoms with van der Waals surface area (Å²) in [7, 11) is 0. The molecule has 13 heavy (non-hydrogen) atoms. The molecule has 1 unspecified atom stereocenters. The Balaban J connectivity index is 2.69. The van der Waals surface area contributed by atoms with Gasteiger partial charge in [0, 0.05) is 17.9 Å². The van der Waals surface area contributed by atoms with E-state index in [-0.39, 0.29) is 11.9 Å². The third-order valence-electron chi connectivity index (χ3n) is 1.91. The molecule has 1 aromatic heterocycles. The molecule has 0 spiro atoms. The summed E-state index contributed by atoms with van der Waals surface area (Å²) < 4.78 is 0. The Morgan fingerprint density at radius 2 is 2.46 bits per heavy atom. The van der Waals surface area contributed by atoms with Gasteiger partial charge in [0.05, 0.1) is 5.56 Å². The van der Waals surface area contributed by atoms with E-state index in [1.807, 2.05) is 13.8 Å². The summed E-state index contributed by atoms with van der Waals surface area (Å²) in [6, 6.07) is 1.77. The first-order valence-electron chi connectivity index (χ1n) is 4.22. The van der Waals surface area contributed by atoms with Crippen LogP contribution in [0.25, 0.3) is 0 Å². The van der Waals surface area contributed by atoms with Crippen molar-refractivity contribution >= 4 is 5.91 Å². The van der Waals surface area contributed by atoms with Crippen molar-refractivity contribution in [1.29, 1.82) is 0 Å². The third-order valence-corrected chi connectivity index (χ3v) is 1.91. The lowest BCUT2D eigenvalue weighted by atomic mass is 10.2. The molecule has 0 saturated carbocycles. The first kappa shape index (κ1) is 9.58. The molecule has 1 atom stereocenters. The highest BCUT2D eigenvalue weighted by Gasteiger charge is 2.10. The Hall–Kier alpha value is -1.51. The zero-order valence-corrected chi connectivity index (χ0v) is 7.92. The van der Waals surface area contributed by atoms with Crippen molar-refractivity contribution in [2.45, 2.75) is 19.9 Å². The Morgan fingerprint density at radius 1 is 1.77 bits per heavy atom. The van der Waals surface area contributed by atoms with E-state index in [1.165, 1.54) is 0 Å². The van der Waals surface area contributed by atoms with Gasteiger partial charge in [0.2, 0.25) is 0 Å². The molecule has 1 amide bonds. The van der Waals surface area contributed by atoms with Crippen molar-refractivity contribution in [2.75, 3.05) is 0 Å². The smallest absolute Gasteiger partial charge is 0.253 e. The van der Waals surface area contributed by atoms with Crippen LogP contribution in [0.3, 0.4) is 0 Å². The van der Waals surface area contributed by atoms with Gasteiger partial charge in [-0.1, -0.05) is 6.08 Å². The summed E-state index contributed by atoms with van der Waals surface area (Å²) in [6.45, 7) is 7.35. The number of aromatic nitrogens is 1. The SMILES string of the molecule is C=CC(C)NC(=O)c1cc[nH]c1C. The molecule has 0 aliphatic carbocycles. The average Bonchev–Trinajstić information content (AvgIpc) is 2.51. The summed E-state index contributed by atoms with van der Waals surface area (Å²) in [6.07, 6.45) is 3.45. The van der Waals surface area contributed by atoms with Crippen LogP contribution in [0, 0.1) is 6.92 Å². The number of carbonyl (C=O) groups excluding carboxylic acids is 1. The molecular weight excluding hydrogens is 164 g/mol. The van der Waals surface area contributed by atoms with Crippen molar-refractivity contribution in [2.24, 2.45) is 0 Å². The predicted molar refractivity (Wildman–Crippen MR) is 52.7 cm³/mol. The van der Waals surface area contributed by atoms with Gasteiger partial charge in [-0.2, -0.15) is 0 Å². The number of aromatic amines is 1. The van der Waals surface area contributed by atoms with E-state index in [4.69, 9.17) is 0 Å². The minimum atomic E-state index is -0.0637. The van der Waals surface area contributed by atoms with Crippen molar-refractivity contribution in [1.82, 2.24) is 10.3 Å². The molecule has 0 fully saturated rings. The lowest BCUT2D eigenvalue weighted by Gasteiger charge is -2.08. The number of hydrogen-bond donors (Lipinski definition) is 2. The van der Waals surface area contributed by atoms with E-state index in [0.717, 1.165) is 5.69 Å². The standard InChI is InChI=1S/C10H14N2O/c1-4-7(2)12-10(13)9-5-6-11-8(9)3/h4-7,11H,1H2,2-3H3,(H,12,13). The Bertz CT molecular complexity index is 314. The lowest BCUT2D eigenvalue weighted by molar-refractivity contribution is 0.0946. The number of amides is 1. The van der Waals surface area contributed by atoms with E-state index in [2.05, 4.69) is 16.9 Å². The highest BCUT2D eigenvalue weighted by molar-refractivity contribution is 5.95. The molecule has 0 bridgehead atoms. The second kappa shape index (κ2) is 3.94. The molecule has 0 aliphatic rings. The minimum absolute atomic E-state index is 0.00167. The Labute approximate surface area is 77.9 Å². The van der Waals surface area contributed by atoms with Gasteiger partial charge in [0.1, 0.15) is 0 Å². The van der Waals surface area contributed by atoms with Gasteiger partial charge in [-0.25, -0.2) is 0 Å². The van der Waals surface area contributed by atoms with Crippen LogP contribution in [-0.4, -0.2) is 16.9 Å². The highest BCUT2D eigenvalue weighted by atomic mass is 16.1. The Kier molecular flexibility index (Phi) is 2.90. The average molecular weight is 178 g/mol. The predicted octanol–water partition coefficient (Wildman–Crippen LogP) is 1.63. The molecule has 2 N–H and O–H groups in total. The number of nitrogens with one attached hydrogen (secondary N) is 2. The van der Waals surface area contributed by atoms with Crippen molar-refractivity contribution in [3.63, 3.8) is 0 Å². The van der Waals surface area contributed by atoms with Crippen molar-refractivity contribution < 1.29 is 4.79 Å². The largest absolute Gasteiger partial charge is 0.365 e. The molecule has 0 aromatic carbocycles. The fraction of sp³-hybridized carbons (Fsp3) is 0.300. The van der Waals surface area contributed by atoms with Crippen LogP contribution < -0.4 is 5.32 Å². The van der Waals surface area contributed by atoms with E-state index >= 15 is 0 Å². The van der Waals surface area contributed by atoms with E-state index in [1.54, 1.807) is 18.3 Å². The number of aryl methyl sites for hydroxylation is 1. The fourth-order valence-electron chi connectivity index (χ4n) is 1.04. The van der Waals surface area contributed by atoms with Crippen LogP contribution in [0.4, 0.5) is 0 Å². The van der Waals surface area contributed by atoms with Crippen molar-refractivity contribution in [3.05, 3.63) is 36.2 Å². The van der Waals surface area contributed by atoms with E-state index < -0.39 is 0 Å². The van der Waals surface area contributed by atoms with Crippen molar-refractivity contribution in [3.8, 4) is 0 Å². The van der Waals surface area contributed by atoms with Crippen LogP contribution in [0.15, 0.2) is 24.9 Å². The normalized spacial score (nSPS) is 12.2. The Morgan fingerprint density at radius 3 is 2.92 bits per heavy atom. The summed E-state index contributed by atoms with van der Waals surface area (Å²) in [5, 5.41) is 2.80. The minimum Gasteiger partial charge on any atom is -0.365 e. The first-order chi connectivity index (χ1) is 6.15. The van der Waals surface area contributed by atoms with Gasteiger partial charge in [-0.15, -0.1) is 6.58 Å². The molecule has 0 aliphatic heterocycles. The van der Waals surface area contributed by atoms with E-state index in [0.29, 0.717) is 5.56 Å². The maximum Gasteiger partial charge on any atom is 0.253 e. The molecule has 0 saturated heterocycles. The molecule has 70 valence electrons. The molecule has 3 heteroatoms. The van der Waals surface area contributed by atoms with Crippen LogP contribution in [0.2, 0.25) is 0 Å². The maximum absolute atomic E-state index is 11.5. The molecule has 1 heterocycles. The van der Waals surface area contributed by atoms with Crippen LogP contribution in [0.1, 0.15) is 23.0 Å². The van der Waals surface area contributed by atoms with Gasteiger partial charge in [0.15, 0.2) is 0 Å². The molecule has 1 aromatic rings. The summed E-state index contributed by atoms with van der Waals surface area (Å²) in [5.74, 6) is -0.0637. The monoisotopic (exact) mass is 178 g/mol. The van der Waals surface area contributed by atoms with Crippen LogP contribution >= 0.6 is 0 Å². The number of rotatable bonds is 3. The first-order valence-corrected chi connectivity index (χ1v) is 4.22. The van der Waals surface area contributed by atoms with E-state index in [9.17, 15) is 4.79 Å². The quantitative estimate of drug-likeness (QED) is 0.679. The number of carbonyl (C=O) groups is 1. The molecule has 0 radical (unpaired) electrons. The second-order valence-corrected chi connectivity index (χ2v) is 3.01. The summed E-state index contributed by atoms with van der Waals surface area (Å²) >= 11 is 0. The molecule has 3 nitrogen and oxygen atoms in total. The van der Waals surface area contributed by atoms with Gasteiger partial charge in [-0.3, -0.25) is 4.79 Å². The lowest BCUT2D eigenvalue weighted by Crippen LogP contribution is -2.30. The van der Waals surface area contributed by atoms with Crippen LogP contribution in [-0.2, 0) is 0 Å². The molecular formula is C10H14N2O. The summed E-state index contributed by atoms with van der Waals surface area (Å²) in [5.41, 5.74) is 1.57. The fourth-order valence-corrected chi connectivity index (χ4v) is 1.04. The van der Waals surface area contributed by atoms with Gasteiger partial charge < -0.3 is 10.3 Å². The zero-order chi connectivity index (χ0) is 9.84. The third kappa shape index (κ3) is 2.21. The van der Waals surface area contributed by atoms with Gasteiger partial charge in [0.25, 0.3) is 5.91 Å².